The van der Waals surface area contributed by atoms with Crippen molar-refractivity contribution in [2.75, 3.05) is 13.2 Å². The minimum Gasteiger partial charge on any atom is -0.370 e. The molecule has 0 aliphatic carbocycles. The van der Waals surface area contributed by atoms with Crippen molar-refractivity contribution in [3.8, 4) is 0 Å². The van der Waals surface area contributed by atoms with Gasteiger partial charge in [0, 0.05) is 11.6 Å². The summed E-state index contributed by atoms with van der Waals surface area (Å²) in [4.78, 5) is 11.4. The predicted molar refractivity (Wildman–Crippen MR) is 61.6 cm³/mol. The molecule has 90 valence electrons. The number of hydrogen-bond acceptors (Lipinski definition) is 3. The van der Waals surface area contributed by atoms with Crippen LogP contribution >= 0.6 is 0 Å². The molecule has 4 nitrogen and oxygen atoms in total. The van der Waals surface area contributed by atoms with Gasteiger partial charge in [-0.1, -0.05) is 13.8 Å². The molecular weight excluding hydrogens is 192 g/mol. The molecule has 0 fully saturated rings. The molecule has 0 heterocycles. The fraction of sp³-hybridized carbons (Fsp3) is 0.909. The van der Waals surface area contributed by atoms with Gasteiger partial charge in [0.15, 0.2) is 0 Å². The van der Waals surface area contributed by atoms with Crippen molar-refractivity contribution >= 4 is 5.91 Å². The Morgan fingerprint density at radius 3 is 2.33 bits per heavy atom. The Labute approximate surface area is 92.6 Å². The minimum atomic E-state index is -0.380. The monoisotopic (exact) mass is 216 g/mol. The highest BCUT2D eigenvalue weighted by Gasteiger charge is 2.13. The second-order valence-electron chi connectivity index (χ2n) is 4.56. The van der Waals surface area contributed by atoms with Crippen LogP contribution < -0.4 is 11.1 Å². The van der Waals surface area contributed by atoms with Crippen molar-refractivity contribution in [3.05, 3.63) is 0 Å². The van der Waals surface area contributed by atoms with Crippen LogP contribution in [-0.2, 0) is 9.53 Å². The highest BCUT2D eigenvalue weighted by Crippen LogP contribution is 1.98. The molecule has 0 aliphatic rings. The first kappa shape index (κ1) is 14.4. The maximum Gasteiger partial charge on any atom is 0.246 e. The summed E-state index contributed by atoms with van der Waals surface area (Å²) in [6.45, 7) is 8.33. The van der Waals surface area contributed by atoms with E-state index in [1.54, 1.807) is 0 Å². The maximum atomic E-state index is 11.4. The Morgan fingerprint density at radius 2 is 1.93 bits per heavy atom. The van der Waals surface area contributed by atoms with Crippen LogP contribution in [0.4, 0.5) is 0 Å². The first-order valence-corrected chi connectivity index (χ1v) is 5.55. The Morgan fingerprint density at radius 1 is 1.40 bits per heavy atom. The van der Waals surface area contributed by atoms with E-state index in [0.29, 0.717) is 6.61 Å². The van der Waals surface area contributed by atoms with Gasteiger partial charge in [0.05, 0.1) is 6.61 Å². The molecular formula is C11H24N2O2. The molecule has 0 atom stereocenters. The van der Waals surface area contributed by atoms with Crippen LogP contribution in [0.25, 0.3) is 0 Å². The molecule has 0 aromatic carbocycles. The molecule has 4 heteroatoms. The van der Waals surface area contributed by atoms with Gasteiger partial charge in [-0.05, 0) is 26.7 Å². The van der Waals surface area contributed by atoms with Gasteiger partial charge >= 0.3 is 0 Å². The highest BCUT2D eigenvalue weighted by molar-refractivity contribution is 5.77. The van der Waals surface area contributed by atoms with Crippen molar-refractivity contribution < 1.29 is 9.53 Å². The van der Waals surface area contributed by atoms with E-state index in [0.717, 1.165) is 12.8 Å². The number of nitrogens with one attached hydrogen (secondary N) is 1. The van der Waals surface area contributed by atoms with E-state index in [-0.39, 0.29) is 24.1 Å². The molecule has 0 saturated carbocycles. The third-order valence-corrected chi connectivity index (χ3v) is 2.06. The summed E-state index contributed by atoms with van der Waals surface area (Å²) in [5.41, 5.74) is 5.34. The van der Waals surface area contributed by atoms with Gasteiger partial charge in [-0.25, -0.2) is 0 Å². The first-order chi connectivity index (χ1) is 6.89. The summed E-state index contributed by atoms with van der Waals surface area (Å²) >= 11 is 0. The van der Waals surface area contributed by atoms with Gasteiger partial charge in [0.25, 0.3) is 0 Å². The largest absolute Gasteiger partial charge is 0.370 e. The second kappa shape index (κ2) is 6.80. The molecule has 0 radical (unpaired) electrons. The Balaban J connectivity index is 3.66. The van der Waals surface area contributed by atoms with Crippen LogP contribution in [-0.4, -0.2) is 30.7 Å². The molecule has 0 rings (SSSR count). The van der Waals surface area contributed by atoms with Gasteiger partial charge in [-0.3, -0.25) is 4.79 Å². The van der Waals surface area contributed by atoms with Gasteiger partial charge in [0.1, 0.15) is 6.61 Å². The molecule has 3 N–H and O–H groups in total. The lowest BCUT2D eigenvalue weighted by atomic mass is 10.1. The second-order valence-corrected chi connectivity index (χ2v) is 4.56. The van der Waals surface area contributed by atoms with E-state index < -0.39 is 0 Å². The third-order valence-electron chi connectivity index (χ3n) is 2.06. The van der Waals surface area contributed by atoms with Crippen molar-refractivity contribution in [1.29, 1.82) is 0 Å². The SMILES string of the molecule is CCC(CC)NC(=O)COCC(C)(C)N. The molecule has 15 heavy (non-hydrogen) atoms. The van der Waals surface area contributed by atoms with Crippen molar-refractivity contribution in [2.45, 2.75) is 52.1 Å². The topological polar surface area (TPSA) is 64.3 Å². The number of carbonyl (C=O) groups is 1. The molecule has 0 spiro atoms. The van der Waals surface area contributed by atoms with Crippen molar-refractivity contribution in [1.82, 2.24) is 5.32 Å². The van der Waals surface area contributed by atoms with E-state index in [1.165, 1.54) is 0 Å². The number of amides is 1. The molecule has 0 saturated heterocycles. The summed E-state index contributed by atoms with van der Waals surface area (Å²) in [5.74, 6) is -0.0621. The van der Waals surface area contributed by atoms with Gasteiger partial charge in [-0.15, -0.1) is 0 Å². The number of nitrogens with two attached hydrogens (primary N) is 1. The zero-order valence-electron chi connectivity index (χ0n) is 10.3. The minimum absolute atomic E-state index is 0.0621. The number of hydrogen-bond donors (Lipinski definition) is 2. The maximum absolute atomic E-state index is 11.4. The number of rotatable bonds is 7. The van der Waals surface area contributed by atoms with Crippen LogP contribution in [0, 0.1) is 0 Å². The molecule has 0 bridgehead atoms. The lowest BCUT2D eigenvalue weighted by Crippen LogP contribution is -2.40. The zero-order chi connectivity index (χ0) is 11.9. The van der Waals surface area contributed by atoms with Crippen molar-refractivity contribution in [2.24, 2.45) is 5.73 Å². The van der Waals surface area contributed by atoms with Crippen LogP contribution in [0.1, 0.15) is 40.5 Å². The average molecular weight is 216 g/mol. The molecule has 0 unspecified atom stereocenters. The summed E-state index contributed by atoms with van der Waals surface area (Å²) in [5, 5.41) is 2.90. The van der Waals surface area contributed by atoms with E-state index >= 15 is 0 Å². The van der Waals surface area contributed by atoms with Crippen molar-refractivity contribution in [3.63, 3.8) is 0 Å². The average Bonchev–Trinajstić information content (AvgIpc) is 2.12. The number of carbonyl (C=O) groups excluding carboxylic acids is 1. The van der Waals surface area contributed by atoms with Crippen LogP contribution in [0.3, 0.4) is 0 Å². The summed E-state index contributed by atoms with van der Waals surface area (Å²) in [7, 11) is 0. The third kappa shape index (κ3) is 8.39. The summed E-state index contributed by atoms with van der Waals surface area (Å²) in [6, 6.07) is 0.256. The Kier molecular flexibility index (Phi) is 6.52. The predicted octanol–water partition coefficient (Wildman–Crippen LogP) is 1.05. The summed E-state index contributed by atoms with van der Waals surface area (Å²) in [6.07, 6.45) is 1.90. The molecule has 0 aromatic heterocycles. The van der Waals surface area contributed by atoms with Crippen LogP contribution in [0.5, 0.6) is 0 Å². The molecule has 0 aromatic rings. The fourth-order valence-corrected chi connectivity index (χ4v) is 1.17. The normalized spacial score (nSPS) is 11.9. The standard InChI is InChI=1S/C11H24N2O2/c1-5-9(6-2)13-10(14)7-15-8-11(3,4)12/h9H,5-8,12H2,1-4H3,(H,13,14). The van der Waals surface area contributed by atoms with Gasteiger partial charge in [-0.2, -0.15) is 0 Å². The first-order valence-electron chi connectivity index (χ1n) is 5.55. The molecule has 1 amide bonds. The lowest BCUT2D eigenvalue weighted by molar-refractivity contribution is -0.126. The van der Waals surface area contributed by atoms with E-state index in [1.807, 2.05) is 13.8 Å². The van der Waals surface area contributed by atoms with Crippen LogP contribution in [0.2, 0.25) is 0 Å². The quantitative estimate of drug-likeness (QED) is 0.668. The van der Waals surface area contributed by atoms with E-state index in [9.17, 15) is 4.79 Å². The Hall–Kier alpha value is -0.610. The smallest absolute Gasteiger partial charge is 0.246 e. The number of ether oxygens (including phenoxy) is 1. The fourth-order valence-electron chi connectivity index (χ4n) is 1.17. The lowest BCUT2D eigenvalue weighted by Gasteiger charge is -2.19. The van der Waals surface area contributed by atoms with Gasteiger partial charge in [0.2, 0.25) is 5.91 Å². The Bertz CT molecular complexity index is 184. The van der Waals surface area contributed by atoms with E-state index in [2.05, 4.69) is 19.2 Å². The molecule has 0 aliphatic heterocycles. The van der Waals surface area contributed by atoms with Crippen LogP contribution in [0.15, 0.2) is 0 Å². The zero-order valence-corrected chi connectivity index (χ0v) is 10.3. The summed E-state index contributed by atoms with van der Waals surface area (Å²) < 4.78 is 5.21. The van der Waals surface area contributed by atoms with E-state index in [4.69, 9.17) is 10.5 Å². The van der Waals surface area contributed by atoms with Gasteiger partial charge < -0.3 is 15.8 Å². The highest BCUT2D eigenvalue weighted by atomic mass is 16.5.